The number of likely N-dealkylation sites (tertiary alicyclic amines) is 1. The van der Waals surface area contributed by atoms with Gasteiger partial charge >= 0.3 is 0 Å². The summed E-state index contributed by atoms with van der Waals surface area (Å²) >= 11 is 0. The van der Waals surface area contributed by atoms with Gasteiger partial charge in [-0.25, -0.2) is 0 Å². The normalized spacial score (nSPS) is 21.9. The van der Waals surface area contributed by atoms with Gasteiger partial charge < -0.3 is 0 Å². The molecule has 1 atom stereocenters. The lowest BCUT2D eigenvalue weighted by Gasteiger charge is -2.27. The Morgan fingerprint density at radius 1 is 1.28 bits per heavy atom. The highest BCUT2D eigenvalue weighted by molar-refractivity contribution is 5.76. The van der Waals surface area contributed by atoms with Gasteiger partial charge in [0.2, 0.25) is 0 Å². The summed E-state index contributed by atoms with van der Waals surface area (Å²) in [7, 11) is 0. The zero-order chi connectivity index (χ0) is 13.6. The Hall–Kier alpha value is -0.810. The Morgan fingerprint density at radius 3 is 2.61 bits per heavy atom. The highest BCUT2D eigenvalue weighted by Gasteiger charge is 2.21. The van der Waals surface area contributed by atoms with E-state index < -0.39 is 0 Å². The summed E-state index contributed by atoms with van der Waals surface area (Å²) in [6.07, 6.45) is 5.62. The molecular weight excluding hydrogens is 222 g/mol. The molecule has 0 N–H and O–H groups in total. The molecule has 0 aromatic rings. The molecule has 0 aliphatic carbocycles. The van der Waals surface area contributed by atoms with Crippen molar-refractivity contribution in [2.45, 2.75) is 65.8 Å². The molecule has 1 saturated heterocycles. The molecule has 1 rings (SSSR count). The lowest BCUT2D eigenvalue weighted by molar-refractivity contribution is -0.118. The topological polar surface area (TPSA) is 20.3 Å². The number of rotatable bonds is 3. The number of carbonyl (C=O) groups is 1. The highest BCUT2D eigenvalue weighted by atomic mass is 16.1. The largest absolute Gasteiger partial charge is 0.300 e. The van der Waals surface area contributed by atoms with Crippen molar-refractivity contribution in [3.8, 4) is 11.8 Å². The summed E-state index contributed by atoms with van der Waals surface area (Å²) in [6, 6.07) is 0.416. The zero-order valence-corrected chi connectivity index (χ0v) is 12.4. The van der Waals surface area contributed by atoms with Crippen LogP contribution in [0.15, 0.2) is 0 Å². The van der Waals surface area contributed by atoms with E-state index in [9.17, 15) is 4.79 Å². The number of hydrogen-bond acceptors (Lipinski definition) is 2. The fourth-order valence-corrected chi connectivity index (χ4v) is 2.41. The van der Waals surface area contributed by atoms with Crippen molar-refractivity contribution in [1.29, 1.82) is 0 Å². The minimum Gasteiger partial charge on any atom is -0.300 e. The third-order valence-corrected chi connectivity index (χ3v) is 3.27. The van der Waals surface area contributed by atoms with Crippen LogP contribution in [0, 0.1) is 17.3 Å². The first-order chi connectivity index (χ1) is 8.38. The molecule has 2 heteroatoms. The van der Waals surface area contributed by atoms with Gasteiger partial charge in [0.1, 0.15) is 5.78 Å². The van der Waals surface area contributed by atoms with Gasteiger partial charge in [-0.2, -0.15) is 0 Å². The van der Waals surface area contributed by atoms with Crippen LogP contribution in [0.5, 0.6) is 0 Å². The zero-order valence-electron chi connectivity index (χ0n) is 12.4. The average Bonchev–Trinajstić information content (AvgIpc) is 2.42. The van der Waals surface area contributed by atoms with Gasteiger partial charge in [0.15, 0.2) is 0 Å². The third kappa shape index (κ3) is 6.21. The van der Waals surface area contributed by atoms with E-state index in [4.69, 9.17) is 0 Å². The lowest BCUT2D eigenvalue weighted by Crippen LogP contribution is -2.36. The van der Waals surface area contributed by atoms with Crippen LogP contribution in [0.25, 0.3) is 0 Å². The molecule has 0 amide bonds. The summed E-state index contributed by atoms with van der Waals surface area (Å²) in [5.74, 6) is 6.88. The second-order valence-corrected chi connectivity index (χ2v) is 6.43. The number of ketones is 1. The van der Waals surface area contributed by atoms with E-state index in [-0.39, 0.29) is 5.41 Å². The van der Waals surface area contributed by atoms with Gasteiger partial charge in [-0.3, -0.25) is 9.69 Å². The molecular formula is C16H27NO. The quantitative estimate of drug-likeness (QED) is 0.716. The second-order valence-electron chi connectivity index (χ2n) is 6.43. The minimum absolute atomic E-state index is 0.0714. The molecule has 0 spiro atoms. The predicted octanol–water partition coefficient (Wildman–Crippen LogP) is 3.26. The number of nitrogens with zero attached hydrogens (tertiary/aromatic N) is 1. The Bertz CT molecular complexity index is 329. The summed E-state index contributed by atoms with van der Waals surface area (Å²) in [6.45, 7) is 10.0. The Kier molecular flexibility index (Phi) is 5.88. The Labute approximate surface area is 112 Å². The van der Waals surface area contributed by atoms with Gasteiger partial charge in [0, 0.05) is 17.9 Å². The molecule has 1 aliphatic heterocycles. The molecule has 0 aromatic heterocycles. The van der Waals surface area contributed by atoms with E-state index in [0.29, 0.717) is 18.2 Å². The van der Waals surface area contributed by atoms with Crippen molar-refractivity contribution in [2.75, 3.05) is 13.1 Å². The molecule has 1 fully saturated rings. The van der Waals surface area contributed by atoms with Crippen LogP contribution in [-0.2, 0) is 4.79 Å². The van der Waals surface area contributed by atoms with Crippen LogP contribution in [0.1, 0.15) is 59.8 Å². The first-order valence-corrected chi connectivity index (χ1v) is 7.12. The van der Waals surface area contributed by atoms with E-state index in [2.05, 4.69) is 37.5 Å². The van der Waals surface area contributed by atoms with Crippen LogP contribution in [0.2, 0.25) is 0 Å². The maximum Gasteiger partial charge on any atom is 0.131 e. The number of hydrogen-bond donors (Lipinski definition) is 0. The Morgan fingerprint density at radius 2 is 2.00 bits per heavy atom. The summed E-state index contributed by atoms with van der Waals surface area (Å²) < 4.78 is 0. The fraction of sp³-hybridized carbons (Fsp3) is 0.812. The molecule has 1 heterocycles. The van der Waals surface area contributed by atoms with Gasteiger partial charge in [0.05, 0.1) is 6.54 Å². The SMILES string of the molecule is CC(=O)CC1CCCCCN1CC#CC(C)(C)C. The number of carbonyl (C=O) groups excluding carboxylic acids is 1. The van der Waals surface area contributed by atoms with Crippen molar-refractivity contribution in [3.05, 3.63) is 0 Å². The Balaban J connectivity index is 2.61. The molecule has 0 aromatic carbocycles. The van der Waals surface area contributed by atoms with E-state index in [1.807, 2.05) is 0 Å². The molecule has 1 unspecified atom stereocenters. The van der Waals surface area contributed by atoms with E-state index in [0.717, 1.165) is 19.5 Å². The van der Waals surface area contributed by atoms with E-state index in [1.165, 1.54) is 19.3 Å². The van der Waals surface area contributed by atoms with Crippen LogP contribution >= 0.6 is 0 Å². The van der Waals surface area contributed by atoms with Crippen molar-refractivity contribution in [3.63, 3.8) is 0 Å². The molecule has 1 aliphatic rings. The summed E-state index contributed by atoms with van der Waals surface area (Å²) in [5.41, 5.74) is 0.0714. The van der Waals surface area contributed by atoms with Crippen molar-refractivity contribution in [1.82, 2.24) is 4.90 Å². The van der Waals surface area contributed by atoms with Crippen molar-refractivity contribution in [2.24, 2.45) is 5.41 Å². The summed E-state index contributed by atoms with van der Waals surface area (Å²) in [4.78, 5) is 13.7. The molecule has 0 saturated carbocycles. The molecule has 0 bridgehead atoms. The van der Waals surface area contributed by atoms with Crippen molar-refractivity contribution < 1.29 is 4.79 Å². The summed E-state index contributed by atoms with van der Waals surface area (Å²) in [5, 5.41) is 0. The van der Waals surface area contributed by atoms with Crippen LogP contribution in [0.4, 0.5) is 0 Å². The third-order valence-electron chi connectivity index (χ3n) is 3.27. The standard InChI is InChI=1S/C16H27NO/c1-14(18)13-15-9-6-5-7-11-17(15)12-8-10-16(2,3)4/h15H,5-7,9,11-13H2,1-4H3. The van der Waals surface area contributed by atoms with Gasteiger partial charge in [-0.15, -0.1) is 0 Å². The molecule has 2 nitrogen and oxygen atoms in total. The second kappa shape index (κ2) is 6.95. The van der Waals surface area contributed by atoms with Crippen LogP contribution < -0.4 is 0 Å². The van der Waals surface area contributed by atoms with Gasteiger partial charge in [-0.05, 0) is 47.1 Å². The fourth-order valence-electron chi connectivity index (χ4n) is 2.41. The molecule has 102 valence electrons. The minimum atomic E-state index is 0.0714. The lowest BCUT2D eigenvalue weighted by atomic mass is 9.98. The highest BCUT2D eigenvalue weighted by Crippen LogP contribution is 2.19. The van der Waals surface area contributed by atoms with Crippen molar-refractivity contribution >= 4 is 5.78 Å². The average molecular weight is 249 g/mol. The first-order valence-electron chi connectivity index (χ1n) is 7.12. The maximum atomic E-state index is 11.3. The number of Topliss-reactive ketones (excluding diaryl/α,β-unsaturated/α-hetero) is 1. The first kappa shape index (κ1) is 15.2. The van der Waals surface area contributed by atoms with Gasteiger partial charge in [-0.1, -0.05) is 24.7 Å². The van der Waals surface area contributed by atoms with E-state index >= 15 is 0 Å². The molecule has 0 radical (unpaired) electrons. The van der Waals surface area contributed by atoms with E-state index in [1.54, 1.807) is 6.92 Å². The maximum absolute atomic E-state index is 11.3. The smallest absolute Gasteiger partial charge is 0.131 e. The monoisotopic (exact) mass is 249 g/mol. The van der Waals surface area contributed by atoms with Crippen LogP contribution in [-0.4, -0.2) is 29.8 Å². The predicted molar refractivity (Wildman–Crippen MR) is 76.4 cm³/mol. The molecule has 18 heavy (non-hydrogen) atoms. The van der Waals surface area contributed by atoms with Gasteiger partial charge in [0.25, 0.3) is 0 Å². The van der Waals surface area contributed by atoms with Crippen LogP contribution in [0.3, 0.4) is 0 Å².